The third-order valence-electron chi connectivity index (χ3n) is 6.43. The number of nitrogens with zero attached hydrogens (tertiary/aromatic N) is 2. The Balaban J connectivity index is 1.15. The minimum atomic E-state index is 0.271. The molecule has 0 saturated carbocycles. The van der Waals surface area contributed by atoms with Crippen LogP contribution in [0.4, 0.5) is 0 Å². The van der Waals surface area contributed by atoms with Crippen LogP contribution in [0.1, 0.15) is 30.9 Å². The Morgan fingerprint density at radius 3 is 2.30 bits per heavy atom. The highest BCUT2D eigenvalue weighted by molar-refractivity contribution is 5.19. The molecular formula is C22H35N3O2. The van der Waals surface area contributed by atoms with Crippen molar-refractivity contribution in [3.63, 3.8) is 0 Å². The van der Waals surface area contributed by atoms with E-state index in [0.29, 0.717) is 12.0 Å². The minimum Gasteiger partial charge on any atom is -0.379 e. The summed E-state index contributed by atoms with van der Waals surface area (Å²) >= 11 is 0. The second-order valence-corrected chi connectivity index (χ2v) is 8.23. The van der Waals surface area contributed by atoms with Gasteiger partial charge in [0.1, 0.15) is 0 Å². The molecule has 0 radical (unpaired) electrons. The first kappa shape index (κ1) is 19.3. The summed E-state index contributed by atoms with van der Waals surface area (Å²) in [6, 6.07) is 11.4. The van der Waals surface area contributed by atoms with Crippen LogP contribution in [-0.2, 0) is 9.47 Å². The first-order chi connectivity index (χ1) is 13.4. The molecule has 3 aliphatic rings. The molecule has 1 N–H and O–H groups in total. The molecule has 3 heterocycles. The molecule has 27 heavy (non-hydrogen) atoms. The fourth-order valence-electron chi connectivity index (χ4n) is 4.64. The van der Waals surface area contributed by atoms with Crippen molar-refractivity contribution in [1.29, 1.82) is 0 Å². The zero-order valence-electron chi connectivity index (χ0n) is 16.5. The Hall–Kier alpha value is -0.980. The van der Waals surface area contributed by atoms with Gasteiger partial charge in [0.05, 0.1) is 19.3 Å². The molecule has 0 aromatic heterocycles. The monoisotopic (exact) mass is 373 g/mol. The van der Waals surface area contributed by atoms with E-state index in [9.17, 15) is 0 Å². The normalized spacial score (nSPS) is 28.6. The van der Waals surface area contributed by atoms with E-state index in [0.717, 1.165) is 39.5 Å². The van der Waals surface area contributed by atoms with Gasteiger partial charge in [-0.05, 0) is 37.9 Å². The first-order valence-electron chi connectivity index (χ1n) is 10.8. The van der Waals surface area contributed by atoms with Crippen molar-refractivity contribution in [2.75, 3.05) is 65.6 Å². The maximum Gasteiger partial charge on any atom is 0.0866 e. The van der Waals surface area contributed by atoms with Crippen LogP contribution in [-0.4, -0.2) is 81.5 Å². The van der Waals surface area contributed by atoms with E-state index in [1.807, 2.05) is 0 Å². The molecule has 3 saturated heterocycles. The zero-order valence-corrected chi connectivity index (χ0v) is 16.5. The summed E-state index contributed by atoms with van der Waals surface area (Å²) in [6.07, 6.45) is 3.98. The molecule has 1 aromatic rings. The van der Waals surface area contributed by atoms with Gasteiger partial charge in [0.2, 0.25) is 0 Å². The molecule has 0 spiro atoms. The van der Waals surface area contributed by atoms with Gasteiger partial charge in [0.25, 0.3) is 0 Å². The number of piperidine rings is 1. The number of nitrogens with one attached hydrogen (secondary N) is 1. The van der Waals surface area contributed by atoms with Crippen molar-refractivity contribution in [3.05, 3.63) is 35.9 Å². The molecule has 0 bridgehead atoms. The molecular weight excluding hydrogens is 338 g/mol. The smallest absolute Gasteiger partial charge is 0.0866 e. The lowest BCUT2D eigenvalue weighted by molar-refractivity contribution is 0.0318. The first-order valence-corrected chi connectivity index (χ1v) is 10.8. The molecule has 5 nitrogen and oxygen atoms in total. The van der Waals surface area contributed by atoms with Gasteiger partial charge in [0.15, 0.2) is 0 Å². The van der Waals surface area contributed by atoms with E-state index < -0.39 is 0 Å². The third-order valence-corrected chi connectivity index (χ3v) is 6.43. The zero-order chi connectivity index (χ0) is 18.3. The summed E-state index contributed by atoms with van der Waals surface area (Å²) in [5.74, 6) is 0.603. The van der Waals surface area contributed by atoms with Gasteiger partial charge >= 0.3 is 0 Å². The lowest BCUT2D eigenvalue weighted by Crippen LogP contribution is -2.47. The fourth-order valence-corrected chi connectivity index (χ4v) is 4.64. The van der Waals surface area contributed by atoms with Gasteiger partial charge in [-0.25, -0.2) is 0 Å². The van der Waals surface area contributed by atoms with Gasteiger partial charge in [-0.15, -0.1) is 0 Å². The highest BCUT2D eigenvalue weighted by Gasteiger charge is 2.30. The molecule has 4 rings (SSSR count). The average Bonchev–Trinajstić information content (AvgIpc) is 3.21. The SMILES string of the molecule is c1ccc([C@H]2OCC[C@@H]2CNC2CCN(CCN3CCOCC3)CC2)cc1. The van der Waals surface area contributed by atoms with Crippen molar-refractivity contribution in [1.82, 2.24) is 15.1 Å². The van der Waals surface area contributed by atoms with Crippen LogP contribution in [0.2, 0.25) is 0 Å². The van der Waals surface area contributed by atoms with Gasteiger partial charge < -0.3 is 19.7 Å². The van der Waals surface area contributed by atoms with Crippen molar-refractivity contribution in [2.24, 2.45) is 5.92 Å². The summed E-state index contributed by atoms with van der Waals surface area (Å²) in [7, 11) is 0. The minimum absolute atomic E-state index is 0.271. The van der Waals surface area contributed by atoms with E-state index in [2.05, 4.69) is 45.4 Å². The maximum absolute atomic E-state index is 6.04. The molecule has 150 valence electrons. The number of likely N-dealkylation sites (tertiary alicyclic amines) is 1. The molecule has 0 aliphatic carbocycles. The van der Waals surface area contributed by atoms with E-state index in [1.165, 1.54) is 51.0 Å². The number of morpholine rings is 1. The largest absolute Gasteiger partial charge is 0.379 e. The summed E-state index contributed by atoms with van der Waals surface area (Å²) in [4.78, 5) is 5.18. The number of rotatable bonds is 7. The summed E-state index contributed by atoms with van der Waals surface area (Å²) in [5.41, 5.74) is 1.33. The lowest BCUT2D eigenvalue weighted by atomic mass is 9.94. The van der Waals surface area contributed by atoms with Crippen LogP contribution in [0.15, 0.2) is 30.3 Å². The Morgan fingerprint density at radius 1 is 0.852 bits per heavy atom. The van der Waals surface area contributed by atoms with Crippen LogP contribution >= 0.6 is 0 Å². The average molecular weight is 374 g/mol. The molecule has 2 atom stereocenters. The van der Waals surface area contributed by atoms with Crippen molar-refractivity contribution in [3.8, 4) is 0 Å². The van der Waals surface area contributed by atoms with Crippen LogP contribution in [0, 0.1) is 5.92 Å². The summed E-state index contributed by atoms with van der Waals surface area (Å²) < 4.78 is 11.5. The Bertz CT molecular complexity index is 542. The predicted octanol–water partition coefficient (Wildman–Crippen LogP) is 2.15. The van der Waals surface area contributed by atoms with Crippen molar-refractivity contribution < 1.29 is 9.47 Å². The Morgan fingerprint density at radius 2 is 1.56 bits per heavy atom. The van der Waals surface area contributed by atoms with Crippen molar-refractivity contribution in [2.45, 2.75) is 31.4 Å². The molecule has 0 amide bonds. The fraction of sp³-hybridized carbons (Fsp3) is 0.727. The molecule has 3 fully saturated rings. The summed E-state index contributed by atoms with van der Waals surface area (Å²) in [5, 5.41) is 3.86. The molecule has 5 heteroatoms. The van der Waals surface area contributed by atoms with Crippen LogP contribution in [0.25, 0.3) is 0 Å². The van der Waals surface area contributed by atoms with Gasteiger partial charge in [-0.3, -0.25) is 4.90 Å². The van der Waals surface area contributed by atoms with Crippen molar-refractivity contribution >= 4 is 0 Å². The van der Waals surface area contributed by atoms with Crippen LogP contribution < -0.4 is 5.32 Å². The number of hydrogen-bond acceptors (Lipinski definition) is 5. The van der Waals surface area contributed by atoms with E-state index in [4.69, 9.17) is 9.47 Å². The van der Waals surface area contributed by atoms with Gasteiger partial charge in [-0.1, -0.05) is 30.3 Å². The van der Waals surface area contributed by atoms with Gasteiger partial charge in [-0.2, -0.15) is 0 Å². The second kappa shape index (κ2) is 9.99. The van der Waals surface area contributed by atoms with E-state index in [1.54, 1.807) is 0 Å². The lowest BCUT2D eigenvalue weighted by Gasteiger charge is -2.35. The highest BCUT2D eigenvalue weighted by atomic mass is 16.5. The Labute approximate surface area is 164 Å². The topological polar surface area (TPSA) is 37.0 Å². The van der Waals surface area contributed by atoms with E-state index in [-0.39, 0.29) is 6.10 Å². The standard InChI is InChI=1S/C22H35N3O2/c1-2-4-19(5-3-1)22-20(8-15-27-22)18-23-21-6-9-24(10-7-21)11-12-25-13-16-26-17-14-25/h1-5,20-23H,6-18H2/t20-,22-/m1/s1. The number of ether oxygens (including phenoxy) is 2. The molecule has 0 unspecified atom stereocenters. The predicted molar refractivity (Wildman–Crippen MR) is 108 cm³/mol. The molecule has 3 aliphatic heterocycles. The molecule has 1 aromatic carbocycles. The quantitative estimate of drug-likeness (QED) is 0.793. The van der Waals surface area contributed by atoms with E-state index >= 15 is 0 Å². The summed E-state index contributed by atoms with van der Waals surface area (Å²) in [6.45, 7) is 10.8. The number of hydrogen-bond donors (Lipinski definition) is 1. The Kier molecular flexibility index (Phi) is 7.15. The number of benzene rings is 1. The second-order valence-electron chi connectivity index (χ2n) is 8.23. The highest BCUT2D eigenvalue weighted by Crippen LogP contribution is 2.34. The third kappa shape index (κ3) is 5.52. The maximum atomic E-state index is 6.04. The van der Waals surface area contributed by atoms with Gasteiger partial charge in [0, 0.05) is 51.3 Å². The van der Waals surface area contributed by atoms with Crippen LogP contribution in [0.3, 0.4) is 0 Å². The van der Waals surface area contributed by atoms with Crippen LogP contribution in [0.5, 0.6) is 0 Å².